The average Bonchev–Trinajstić information content (AvgIpc) is 3.41. The minimum Gasteiger partial charge on any atom is -0.415 e. The molecule has 2 amide bonds. The van der Waals surface area contributed by atoms with E-state index < -0.39 is 18.1 Å². The Kier molecular flexibility index (Phi) is 9.71. The maximum atomic E-state index is 15.2. The molecular formula is C26H28Cl2F3N5O3. The molecule has 3 aromatic rings. The lowest BCUT2D eigenvalue weighted by Crippen LogP contribution is -2.59. The smallest absolute Gasteiger partial charge is 0.324 e. The number of hydrogen-bond donors (Lipinski definition) is 0. The van der Waals surface area contributed by atoms with E-state index in [1.165, 1.54) is 17.0 Å². The summed E-state index contributed by atoms with van der Waals surface area (Å²) in [7, 11) is 0. The first-order valence-corrected chi connectivity index (χ1v) is 13.3. The number of ether oxygens (including phenoxy) is 1. The number of alkyl halides is 2. The number of rotatable bonds is 6. The van der Waals surface area contributed by atoms with Crippen LogP contribution in [-0.2, 0) is 11.3 Å². The van der Waals surface area contributed by atoms with Gasteiger partial charge in [-0.3, -0.25) is 9.80 Å². The number of piperazine rings is 1. The van der Waals surface area contributed by atoms with Crippen LogP contribution in [0.5, 0.6) is 0 Å². The highest BCUT2D eigenvalue weighted by molar-refractivity contribution is 6.35. The van der Waals surface area contributed by atoms with Crippen LogP contribution in [0, 0.1) is 5.82 Å². The van der Waals surface area contributed by atoms with Gasteiger partial charge in [0, 0.05) is 42.3 Å². The van der Waals surface area contributed by atoms with E-state index in [4.69, 9.17) is 32.4 Å². The zero-order valence-electron chi connectivity index (χ0n) is 21.4. The van der Waals surface area contributed by atoms with Crippen molar-refractivity contribution in [3.63, 3.8) is 0 Å². The molecule has 13 heteroatoms. The molecule has 2 aliphatic rings. The number of halogens is 5. The molecular weight excluding hydrogens is 558 g/mol. The average molecular weight is 586 g/mol. The number of aromatic nitrogens is 2. The number of benzene rings is 2. The van der Waals surface area contributed by atoms with Gasteiger partial charge in [-0.05, 0) is 30.3 Å². The van der Waals surface area contributed by atoms with Crippen molar-refractivity contribution in [2.45, 2.75) is 32.9 Å². The Labute approximate surface area is 234 Å². The molecule has 0 aliphatic carbocycles. The minimum absolute atomic E-state index is 0.135. The molecule has 0 bridgehead atoms. The summed E-state index contributed by atoms with van der Waals surface area (Å²) >= 11 is 12.6. The molecule has 0 unspecified atom stereocenters. The number of hydrogen-bond acceptors (Lipinski definition) is 6. The third kappa shape index (κ3) is 6.66. The van der Waals surface area contributed by atoms with Crippen molar-refractivity contribution in [3.05, 3.63) is 63.7 Å². The van der Waals surface area contributed by atoms with E-state index in [9.17, 15) is 13.6 Å². The van der Waals surface area contributed by atoms with E-state index >= 15 is 4.39 Å². The normalized spacial score (nSPS) is 16.1. The fraction of sp³-hybridized carbons (Fsp3) is 0.423. The first kappa shape index (κ1) is 29.1. The highest BCUT2D eigenvalue weighted by Gasteiger charge is 2.33. The second-order valence-electron chi connectivity index (χ2n) is 8.73. The van der Waals surface area contributed by atoms with Gasteiger partial charge in [0.25, 0.3) is 5.89 Å². The molecule has 2 aliphatic heterocycles. The Morgan fingerprint density at radius 2 is 1.79 bits per heavy atom. The van der Waals surface area contributed by atoms with Crippen LogP contribution in [0.2, 0.25) is 10.0 Å². The third-order valence-electron chi connectivity index (χ3n) is 6.41. The fourth-order valence-corrected chi connectivity index (χ4v) is 4.64. The van der Waals surface area contributed by atoms with E-state index in [2.05, 4.69) is 15.1 Å². The number of anilines is 1. The van der Waals surface area contributed by atoms with E-state index in [0.717, 1.165) is 6.07 Å². The van der Waals surface area contributed by atoms with Gasteiger partial charge in [-0.15, -0.1) is 10.2 Å². The first-order valence-electron chi connectivity index (χ1n) is 12.5. The maximum Gasteiger partial charge on any atom is 0.324 e. The van der Waals surface area contributed by atoms with E-state index in [-0.39, 0.29) is 34.6 Å². The SMILES string of the molecule is CC.O=C(N1CCN(C2COC2)CC1)N(Cc1ccc(-c2nnc(C(F)F)o2)cc1F)c1cc(Cl)ccc1Cl. The summed E-state index contributed by atoms with van der Waals surface area (Å²) in [5, 5.41) is 7.47. The number of nitrogens with zero attached hydrogens (tertiary/aromatic N) is 5. The van der Waals surface area contributed by atoms with Crippen molar-refractivity contribution in [3.8, 4) is 11.5 Å². The van der Waals surface area contributed by atoms with Crippen LogP contribution in [0.1, 0.15) is 31.7 Å². The van der Waals surface area contributed by atoms with E-state index in [1.807, 2.05) is 13.8 Å². The summed E-state index contributed by atoms with van der Waals surface area (Å²) in [5.74, 6) is -1.77. The minimum atomic E-state index is -2.93. The zero-order valence-corrected chi connectivity index (χ0v) is 22.9. The Morgan fingerprint density at radius 3 is 2.38 bits per heavy atom. The molecule has 1 aromatic heterocycles. The molecule has 210 valence electrons. The molecule has 2 saturated heterocycles. The van der Waals surface area contributed by atoms with Gasteiger partial charge in [-0.25, -0.2) is 9.18 Å². The largest absolute Gasteiger partial charge is 0.415 e. The van der Waals surface area contributed by atoms with Crippen molar-refractivity contribution in [2.75, 3.05) is 44.3 Å². The first-order chi connectivity index (χ1) is 18.8. The van der Waals surface area contributed by atoms with Gasteiger partial charge in [-0.1, -0.05) is 43.1 Å². The molecule has 5 rings (SSSR count). The standard InChI is InChI=1S/C24H22Cl2F3N5O3.C2H6/c25-16-3-4-18(26)20(10-16)34(24(35)33-7-5-32(6-8-33)17-12-36-13-17)11-15-2-1-14(9-19(15)27)22-30-31-23(37-22)21(28)29;1-2/h1-4,9-10,17,21H,5-8,11-13H2;1-2H3. The monoisotopic (exact) mass is 585 g/mol. The van der Waals surface area contributed by atoms with Crippen LogP contribution in [0.15, 0.2) is 40.8 Å². The topological polar surface area (TPSA) is 74.9 Å². The molecule has 2 fully saturated rings. The fourth-order valence-electron chi connectivity index (χ4n) is 4.25. The lowest BCUT2D eigenvalue weighted by Gasteiger charge is -2.43. The van der Waals surface area contributed by atoms with E-state index in [1.54, 1.807) is 23.1 Å². The Morgan fingerprint density at radius 1 is 1.08 bits per heavy atom. The summed E-state index contributed by atoms with van der Waals surface area (Å²) in [6.45, 7) is 7.63. The van der Waals surface area contributed by atoms with Crippen molar-refractivity contribution < 1.29 is 27.1 Å². The molecule has 0 spiro atoms. The number of amides is 2. The Balaban J connectivity index is 0.00000172. The molecule has 3 heterocycles. The molecule has 0 radical (unpaired) electrons. The maximum absolute atomic E-state index is 15.2. The Hall–Kier alpha value is -2.86. The van der Waals surface area contributed by atoms with Crippen molar-refractivity contribution >= 4 is 34.9 Å². The summed E-state index contributed by atoms with van der Waals surface area (Å²) < 4.78 is 50.9. The summed E-state index contributed by atoms with van der Waals surface area (Å²) in [5.41, 5.74) is 0.651. The zero-order chi connectivity index (χ0) is 28.1. The molecule has 0 N–H and O–H groups in total. The number of carbonyl (C=O) groups excluding carboxylic acids is 1. The van der Waals surface area contributed by atoms with Crippen LogP contribution in [0.4, 0.5) is 23.7 Å². The van der Waals surface area contributed by atoms with Crippen LogP contribution >= 0.6 is 23.2 Å². The summed E-state index contributed by atoms with van der Waals surface area (Å²) in [6, 6.07) is 8.76. The molecule has 0 saturated carbocycles. The van der Waals surface area contributed by atoms with Crippen LogP contribution in [-0.4, -0.2) is 71.5 Å². The lowest BCUT2D eigenvalue weighted by molar-refractivity contribution is -0.0738. The van der Waals surface area contributed by atoms with Gasteiger partial charge < -0.3 is 14.1 Å². The molecule has 8 nitrogen and oxygen atoms in total. The van der Waals surface area contributed by atoms with Crippen molar-refractivity contribution in [1.29, 1.82) is 0 Å². The number of carbonyl (C=O) groups is 1. The third-order valence-corrected chi connectivity index (χ3v) is 6.96. The van der Waals surface area contributed by atoms with Gasteiger partial charge in [0.1, 0.15) is 5.82 Å². The summed E-state index contributed by atoms with van der Waals surface area (Å²) in [4.78, 5) is 19.0. The quantitative estimate of drug-likeness (QED) is 0.338. The van der Waals surface area contributed by atoms with Crippen LogP contribution in [0.25, 0.3) is 11.5 Å². The van der Waals surface area contributed by atoms with Gasteiger partial charge in [0.05, 0.1) is 36.5 Å². The molecule has 2 aromatic carbocycles. The van der Waals surface area contributed by atoms with Gasteiger partial charge in [-0.2, -0.15) is 8.78 Å². The second-order valence-corrected chi connectivity index (χ2v) is 9.57. The van der Waals surface area contributed by atoms with Crippen molar-refractivity contribution in [1.82, 2.24) is 20.0 Å². The van der Waals surface area contributed by atoms with Crippen LogP contribution in [0.3, 0.4) is 0 Å². The van der Waals surface area contributed by atoms with Crippen LogP contribution < -0.4 is 4.90 Å². The van der Waals surface area contributed by atoms with Gasteiger partial charge in [0.15, 0.2) is 0 Å². The van der Waals surface area contributed by atoms with Gasteiger partial charge in [0.2, 0.25) is 5.89 Å². The highest BCUT2D eigenvalue weighted by atomic mass is 35.5. The lowest BCUT2D eigenvalue weighted by atomic mass is 10.1. The molecule has 0 atom stereocenters. The Bertz CT molecular complexity index is 1280. The summed E-state index contributed by atoms with van der Waals surface area (Å²) in [6.07, 6.45) is -2.93. The predicted octanol–water partition coefficient (Wildman–Crippen LogP) is 6.29. The van der Waals surface area contributed by atoms with E-state index in [0.29, 0.717) is 56.1 Å². The molecule has 39 heavy (non-hydrogen) atoms. The second kappa shape index (κ2) is 13.0. The predicted molar refractivity (Wildman–Crippen MR) is 142 cm³/mol. The van der Waals surface area contributed by atoms with Crippen molar-refractivity contribution in [2.24, 2.45) is 0 Å². The van der Waals surface area contributed by atoms with Gasteiger partial charge >= 0.3 is 12.5 Å². The number of urea groups is 1. The highest BCUT2D eigenvalue weighted by Crippen LogP contribution is 2.32.